The van der Waals surface area contributed by atoms with Crippen molar-refractivity contribution in [2.45, 2.75) is 0 Å². The smallest absolute Gasteiger partial charge is 0.164 e. The van der Waals surface area contributed by atoms with Crippen LogP contribution < -0.4 is 0 Å². The summed E-state index contributed by atoms with van der Waals surface area (Å²) < 4.78 is 6.68. The van der Waals surface area contributed by atoms with Crippen LogP contribution in [0.15, 0.2) is 180 Å². The second-order valence-corrected chi connectivity index (χ2v) is 12.8. The molecule has 8 aromatic carbocycles. The summed E-state index contributed by atoms with van der Waals surface area (Å²) in [4.78, 5) is 15.3. The number of fused-ring (bicyclic) bond motifs is 6. The molecule has 0 spiro atoms. The maximum Gasteiger partial charge on any atom is 0.164 e. The Bertz CT molecular complexity index is 2900. The zero-order valence-electron chi connectivity index (χ0n) is 27.5. The van der Waals surface area contributed by atoms with Gasteiger partial charge in [-0.15, -0.1) is 0 Å². The van der Waals surface area contributed by atoms with E-state index in [9.17, 15) is 0 Å². The van der Waals surface area contributed by atoms with E-state index < -0.39 is 0 Å². The van der Waals surface area contributed by atoms with Crippen molar-refractivity contribution < 1.29 is 4.42 Å². The average molecular weight is 652 g/mol. The van der Waals surface area contributed by atoms with Crippen LogP contribution in [-0.4, -0.2) is 15.0 Å². The number of benzene rings is 8. The number of aromatic nitrogens is 3. The molecule has 0 atom stereocenters. The summed E-state index contributed by atoms with van der Waals surface area (Å²) in [7, 11) is 0. The van der Waals surface area contributed by atoms with Gasteiger partial charge in [-0.3, -0.25) is 0 Å². The molecule has 0 aliphatic rings. The zero-order valence-corrected chi connectivity index (χ0v) is 27.5. The Morgan fingerprint density at radius 1 is 0.314 bits per heavy atom. The molecular weight excluding hydrogens is 623 g/mol. The van der Waals surface area contributed by atoms with Gasteiger partial charge in [0.25, 0.3) is 0 Å². The molecule has 0 aliphatic heterocycles. The Morgan fingerprint density at radius 3 is 1.69 bits per heavy atom. The molecule has 0 unspecified atom stereocenters. The van der Waals surface area contributed by atoms with E-state index in [1.165, 1.54) is 16.5 Å². The highest BCUT2D eigenvalue weighted by atomic mass is 16.3. The van der Waals surface area contributed by atoms with Gasteiger partial charge in [-0.25, -0.2) is 15.0 Å². The molecule has 4 heteroatoms. The molecule has 2 aromatic heterocycles. The molecule has 0 radical (unpaired) electrons. The van der Waals surface area contributed by atoms with Crippen LogP contribution in [0.5, 0.6) is 0 Å². The molecule has 2 heterocycles. The number of hydrogen-bond donors (Lipinski definition) is 0. The summed E-state index contributed by atoms with van der Waals surface area (Å²) in [5.74, 6) is 1.85. The zero-order chi connectivity index (χ0) is 33.7. The maximum atomic E-state index is 6.68. The van der Waals surface area contributed by atoms with Gasteiger partial charge in [0.1, 0.15) is 11.2 Å². The molecule has 0 amide bonds. The highest BCUT2D eigenvalue weighted by Gasteiger charge is 2.21. The van der Waals surface area contributed by atoms with Gasteiger partial charge in [0.05, 0.1) is 0 Å². The van der Waals surface area contributed by atoms with Crippen molar-refractivity contribution in [3.8, 4) is 56.4 Å². The van der Waals surface area contributed by atoms with E-state index in [1.54, 1.807) is 0 Å². The third-order valence-electron chi connectivity index (χ3n) is 9.72. The summed E-state index contributed by atoms with van der Waals surface area (Å²) in [6, 6.07) is 61.0. The quantitative estimate of drug-likeness (QED) is 0.186. The van der Waals surface area contributed by atoms with E-state index in [4.69, 9.17) is 19.4 Å². The van der Waals surface area contributed by atoms with Crippen LogP contribution in [0.2, 0.25) is 0 Å². The summed E-state index contributed by atoms with van der Waals surface area (Å²) >= 11 is 0. The fourth-order valence-corrected chi connectivity index (χ4v) is 7.25. The van der Waals surface area contributed by atoms with E-state index in [0.29, 0.717) is 17.5 Å². The molecule has 0 bridgehead atoms. The third kappa shape index (κ3) is 5.04. The van der Waals surface area contributed by atoms with Crippen LogP contribution in [0.3, 0.4) is 0 Å². The van der Waals surface area contributed by atoms with Crippen molar-refractivity contribution >= 4 is 43.5 Å². The second kappa shape index (κ2) is 11.9. The Morgan fingerprint density at radius 2 is 0.902 bits per heavy atom. The lowest BCUT2D eigenvalue weighted by Gasteiger charge is -2.11. The van der Waals surface area contributed by atoms with Gasteiger partial charge < -0.3 is 4.42 Å². The number of hydrogen-bond acceptors (Lipinski definition) is 4. The minimum absolute atomic E-state index is 0.602. The van der Waals surface area contributed by atoms with Crippen LogP contribution in [0, 0.1) is 0 Å². The van der Waals surface area contributed by atoms with Crippen LogP contribution in [0.1, 0.15) is 0 Å². The van der Waals surface area contributed by atoms with Crippen LogP contribution in [-0.2, 0) is 0 Å². The summed E-state index contributed by atoms with van der Waals surface area (Å²) in [6.07, 6.45) is 0. The van der Waals surface area contributed by atoms with Gasteiger partial charge in [0.2, 0.25) is 0 Å². The highest BCUT2D eigenvalue weighted by molar-refractivity contribution is 6.25. The van der Waals surface area contributed by atoms with Crippen molar-refractivity contribution in [1.29, 1.82) is 0 Å². The van der Waals surface area contributed by atoms with E-state index in [-0.39, 0.29) is 0 Å². The van der Waals surface area contributed by atoms with Gasteiger partial charge in [-0.1, -0.05) is 158 Å². The maximum absolute atomic E-state index is 6.68. The molecule has 0 fully saturated rings. The van der Waals surface area contributed by atoms with Crippen LogP contribution in [0.25, 0.3) is 99.9 Å². The fourth-order valence-electron chi connectivity index (χ4n) is 7.25. The molecule has 51 heavy (non-hydrogen) atoms. The molecule has 0 saturated heterocycles. The van der Waals surface area contributed by atoms with E-state index in [1.807, 2.05) is 48.5 Å². The molecule has 0 aliphatic carbocycles. The minimum atomic E-state index is 0.602. The van der Waals surface area contributed by atoms with Crippen molar-refractivity contribution in [3.05, 3.63) is 176 Å². The first-order valence-electron chi connectivity index (χ1n) is 17.1. The molecule has 10 aromatic rings. The first-order chi connectivity index (χ1) is 25.3. The van der Waals surface area contributed by atoms with Crippen molar-refractivity contribution in [1.82, 2.24) is 15.0 Å². The molecule has 4 nitrogen and oxygen atoms in total. The molecular formula is C47H29N3O. The lowest BCUT2D eigenvalue weighted by Crippen LogP contribution is -2.00. The first-order valence-corrected chi connectivity index (χ1v) is 17.1. The predicted molar refractivity (Wildman–Crippen MR) is 209 cm³/mol. The lowest BCUT2D eigenvalue weighted by molar-refractivity contribution is 0.669. The average Bonchev–Trinajstić information content (AvgIpc) is 3.60. The second-order valence-electron chi connectivity index (χ2n) is 12.8. The van der Waals surface area contributed by atoms with Gasteiger partial charge in [-0.05, 0) is 62.0 Å². The van der Waals surface area contributed by atoms with Crippen molar-refractivity contribution in [2.75, 3.05) is 0 Å². The number of nitrogens with zero attached hydrogens (tertiary/aromatic N) is 3. The Balaban J connectivity index is 1.19. The first kappa shape index (κ1) is 29.0. The topological polar surface area (TPSA) is 51.8 Å². The summed E-state index contributed by atoms with van der Waals surface area (Å²) in [5.41, 5.74) is 9.04. The van der Waals surface area contributed by atoms with Gasteiger partial charge >= 0.3 is 0 Å². The lowest BCUT2D eigenvalue weighted by atomic mass is 9.93. The molecule has 10 rings (SSSR count). The highest BCUT2D eigenvalue weighted by Crippen LogP contribution is 2.43. The largest absolute Gasteiger partial charge is 0.456 e. The fraction of sp³-hybridized carbons (Fsp3) is 0. The third-order valence-corrected chi connectivity index (χ3v) is 9.72. The Hall–Kier alpha value is -6.91. The van der Waals surface area contributed by atoms with Crippen molar-refractivity contribution in [2.24, 2.45) is 0 Å². The Kier molecular flexibility index (Phi) is 6.78. The minimum Gasteiger partial charge on any atom is -0.456 e. The number of furan rings is 1. The van der Waals surface area contributed by atoms with Crippen LogP contribution >= 0.6 is 0 Å². The summed E-state index contributed by atoms with van der Waals surface area (Å²) in [5, 5.41) is 6.63. The SMILES string of the molecule is c1ccc(-c2ccc(-c3cc4oc5cccc(-c6nc(-c7ccccc7)nc(-c7ccc8ccccc8c7)n6)c5c4c4ccccc34)cc2)cc1. The van der Waals surface area contributed by atoms with Crippen LogP contribution in [0.4, 0.5) is 0 Å². The predicted octanol–water partition coefficient (Wildman–Crippen LogP) is 12.4. The van der Waals surface area contributed by atoms with Gasteiger partial charge in [0.15, 0.2) is 17.5 Å². The van der Waals surface area contributed by atoms with Gasteiger partial charge in [-0.2, -0.15) is 0 Å². The van der Waals surface area contributed by atoms with Gasteiger partial charge in [0, 0.05) is 27.5 Å². The molecule has 238 valence electrons. The standard InChI is InChI=1S/C47H29N3O/c1-3-12-30(13-4-1)32-22-25-33(26-23-32)40-29-42-43(38-19-10-9-18-37(38)40)44-39(20-11-21-41(44)51-42)47-49-45(34-15-5-2-6-16-34)48-46(50-47)36-27-24-31-14-7-8-17-35(31)28-36/h1-29H. The Labute approximate surface area is 294 Å². The normalized spacial score (nSPS) is 11.5. The van der Waals surface area contributed by atoms with E-state index in [0.717, 1.165) is 65.9 Å². The van der Waals surface area contributed by atoms with Crippen molar-refractivity contribution in [3.63, 3.8) is 0 Å². The monoisotopic (exact) mass is 651 g/mol. The van der Waals surface area contributed by atoms with E-state index >= 15 is 0 Å². The number of rotatable bonds is 5. The molecule has 0 N–H and O–H groups in total. The summed E-state index contributed by atoms with van der Waals surface area (Å²) in [6.45, 7) is 0. The molecule has 0 saturated carbocycles. The van der Waals surface area contributed by atoms with E-state index in [2.05, 4.69) is 127 Å².